The normalized spacial score (nSPS) is 23.7. The third-order valence-electron chi connectivity index (χ3n) is 4.56. The first-order valence-corrected chi connectivity index (χ1v) is 8.23. The number of carbonyl (C=O) groups is 1. The summed E-state index contributed by atoms with van der Waals surface area (Å²) in [7, 11) is 0. The first kappa shape index (κ1) is 15.2. The molecule has 2 atom stereocenters. The molecule has 2 heterocycles. The zero-order valence-corrected chi connectivity index (χ0v) is 13.4. The van der Waals surface area contributed by atoms with Gasteiger partial charge in [-0.1, -0.05) is 48.5 Å². The summed E-state index contributed by atoms with van der Waals surface area (Å²) in [6.45, 7) is 2.02. The molecule has 0 bridgehead atoms. The first-order valence-electron chi connectivity index (χ1n) is 8.23. The second-order valence-electron chi connectivity index (χ2n) is 6.06. The largest absolute Gasteiger partial charge is 0.359 e. The van der Waals surface area contributed by atoms with Crippen LogP contribution < -0.4 is 5.06 Å². The van der Waals surface area contributed by atoms with Crippen molar-refractivity contribution < 1.29 is 14.4 Å². The van der Waals surface area contributed by atoms with Gasteiger partial charge in [0.2, 0.25) is 5.91 Å². The Kier molecular flexibility index (Phi) is 4.19. The van der Waals surface area contributed by atoms with Gasteiger partial charge >= 0.3 is 0 Å². The minimum Gasteiger partial charge on any atom is -0.359 e. The Labute approximate surface area is 141 Å². The average molecular weight is 324 g/mol. The molecule has 124 valence electrons. The molecule has 4 rings (SSSR count). The van der Waals surface area contributed by atoms with Crippen LogP contribution in [-0.4, -0.2) is 37.3 Å². The van der Waals surface area contributed by atoms with E-state index in [-0.39, 0.29) is 17.9 Å². The van der Waals surface area contributed by atoms with Gasteiger partial charge in [-0.05, 0) is 17.7 Å². The van der Waals surface area contributed by atoms with E-state index in [9.17, 15) is 4.79 Å². The molecule has 2 fully saturated rings. The highest BCUT2D eigenvalue weighted by molar-refractivity contribution is 5.81. The zero-order valence-electron chi connectivity index (χ0n) is 13.4. The lowest BCUT2D eigenvalue weighted by atomic mass is 9.92. The summed E-state index contributed by atoms with van der Waals surface area (Å²) in [5.41, 5.74) is 2.04. The molecule has 0 spiro atoms. The van der Waals surface area contributed by atoms with Crippen LogP contribution >= 0.6 is 0 Å². The number of anilines is 1. The van der Waals surface area contributed by atoms with Gasteiger partial charge < -0.3 is 9.64 Å². The molecule has 0 saturated carbocycles. The molecule has 2 saturated heterocycles. The third-order valence-corrected chi connectivity index (χ3v) is 4.56. The van der Waals surface area contributed by atoms with Crippen LogP contribution in [0.2, 0.25) is 0 Å². The topological polar surface area (TPSA) is 42.0 Å². The maximum absolute atomic E-state index is 12.9. The minimum absolute atomic E-state index is 0.0970. The van der Waals surface area contributed by atoms with E-state index < -0.39 is 0 Å². The van der Waals surface area contributed by atoms with Crippen LogP contribution in [0.15, 0.2) is 60.7 Å². The van der Waals surface area contributed by atoms with Crippen molar-refractivity contribution in [3.8, 4) is 0 Å². The summed E-state index contributed by atoms with van der Waals surface area (Å²) in [5, 5.41) is 1.87. The summed E-state index contributed by atoms with van der Waals surface area (Å²) in [6.07, 6.45) is 0. The van der Waals surface area contributed by atoms with Crippen molar-refractivity contribution in [3.63, 3.8) is 0 Å². The summed E-state index contributed by atoms with van der Waals surface area (Å²) < 4.78 is 5.34. The van der Waals surface area contributed by atoms with Gasteiger partial charge in [-0.3, -0.25) is 9.63 Å². The standard InChI is InChI=1S/C19H20N2O3/c22-19(20-11-12-23-14-20)17-13-24-21(16-9-5-2-6-10-16)18(17)15-7-3-1-4-8-15/h1-10,17-18H,11-14H2/t17-,18-/m1/s1. The number of rotatable bonds is 3. The predicted molar refractivity (Wildman–Crippen MR) is 90.1 cm³/mol. The monoisotopic (exact) mass is 324 g/mol. The smallest absolute Gasteiger partial charge is 0.232 e. The number of nitrogens with zero attached hydrogens (tertiary/aromatic N) is 2. The zero-order chi connectivity index (χ0) is 16.4. The van der Waals surface area contributed by atoms with E-state index in [4.69, 9.17) is 9.57 Å². The Morgan fingerprint density at radius 2 is 1.71 bits per heavy atom. The molecule has 0 radical (unpaired) electrons. The molecule has 0 aliphatic carbocycles. The molecule has 1 amide bonds. The lowest BCUT2D eigenvalue weighted by Gasteiger charge is -2.28. The van der Waals surface area contributed by atoms with Crippen molar-refractivity contribution in [3.05, 3.63) is 66.2 Å². The van der Waals surface area contributed by atoms with Gasteiger partial charge in [0.1, 0.15) is 6.73 Å². The molecular weight excluding hydrogens is 304 g/mol. The Morgan fingerprint density at radius 1 is 1.00 bits per heavy atom. The summed E-state index contributed by atoms with van der Waals surface area (Å²) in [6, 6.07) is 19.9. The van der Waals surface area contributed by atoms with Crippen molar-refractivity contribution >= 4 is 11.6 Å². The fraction of sp³-hybridized carbons (Fsp3) is 0.316. The third kappa shape index (κ3) is 2.77. The number of ether oxygens (including phenoxy) is 1. The van der Waals surface area contributed by atoms with E-state index in [0.717, 1.165) is 11.3 Å². The summed E-state index contributed by atoms with van der Waals surface area (Å²) in [5.74, 6) is -0.144. The summed E-state index contributed by atoms with van der Waals surface area (Å²) >= 11 is 0. The second kappa shape index (κ2) is 6.63. The Balaban J connectivity index is 1.68. The molecule has 24 heavy (non-hydrogen) atoms. The first-order chi connectivity index (χ1) is 11.8. The number of para-hydroxylation sites is 1. The van der Waals surface area contributed by atoms with Gasteiger partial charge in [-0.15, -0.1) is 0 Å². The Bertz CT molecular complexity index is 686. The number of hydrogen-bond acceptors (Lipinski definition) is 4. The number of benzene rings is 2. The van der Waals surface area contributed by atoms with Crippen LogP contribution in [0.25, 0.3) is 0 Å². The number of hydroxylamine groups is 1. The molecule has 5 nitrogen and oxygen atoms in total. The molecule has 0 aromatic heterocycles. The molecule has 0 unspecified atom stereocenters. The van der Waals surface area contributed by atoms with Gasteiger partial charge in [-0.2, -0.15) is 0 Å². The van der Waals surface area contributed by atoms with Crippen molar-refractivity contribution in [1.82, 2.24) is 4.90 Å². The molecule has 0 N–H and O–H groups in total. The number of hydrogen-bond donors (Lipinski definition) is 0. The van der Waals surface area contributed by atoms with Crippen molar-refractivity contribution in [2.75, 3.05) is 31.6 Å². The molecule has 2 aliphatic rings. The van der Waals surface area contributed by atoms with Gasteiger partial charge in [-0.25, -0.2) is 5.06 Å². The molecule has 2 aromatic carbocycles. The lowest BCUT2D eigenvalue weighted by molar-refractivity contribution is -0.136. The highest BCUT2D eigenvalue weighted by atomic mass is 16.7. The van der Waals surface area contributed by atoms with E-state index >= 15 is 0 Å². The molecule has 2 aliphatic heterocycles. The predicted octanol–water partition coefficient (Wildman–Crippen LogP) is 2.61. The molecule has 2 aromatic rings. The van der Waals surface area contributed by atoms with Crippen LogP contribution in [0.3, 0.4) is 0 Å². The van der Waals surface area contributed by atoms with E-state index in [1.807, 2.05) is 53.6 Å². The fourth-order valence-corrected chi connectivity index (χ4v) is 3.35. The van der Waals surface area contributed by atoms with E-state index in [1.165, 1.54) is 0 Å². The van der Waals surface area contributed by atoms with Crippen LogP contribution in [0.4, 0.5) is 5.69 Å². The number of carbonyl (C=O) groups excluding carboxylic acids is 1. The van der Waals surface area contributed by atoms with Gasteiger partial charge in [0, 0.05) is 6.54 Å². The quantitative estimate of drug-likeness (QED) is 0.870. The highest BCUT2D eigenvalue weighted by Gasteiger charge is 2.43. The van der Waals surface area contributed by atoms with Crippen molar-refractivity contribution in [1.29, 1.82) is 0 Å². The Morgan fingerprint density at radius 3 is 2.38 bits per heavy atom. The number of amides is 1. The second-order valence-corrected chi connectivity index (χ2v) is 6.06. The van der Waals surface area contributed by atoms with Crippen molar-refractivity contribution in [2.45, 2.75) is 6.04 Å². The Hall–Kier alpha value is -2.37. The summed E-state index contributed by atoms with van der Waals surface area (Å²) in [4.78, 5) is 20.7. The average Bonchev–Trinajstić information content (AvgIpc) is 3.32. The van der Waals surface area contributed by atoms with Crippen LogP contribution in [-0.2, 0) is 14.4 Å². The van der Waals surface area contributed by atoms with Gasteiger partial charge in [0.25, 0.3) is 0 Å². The van der Waals surface area contributed by atoms with Gasteiger partial charge in [0.05, 0.1) is 30.9 Å². The lowest BCUT2D eigenvalue weighted by Crippen LogP contribution is -2.38. The highest BCUT2D eigenvalue weighted by Crippen LogP contribution is 2.39. The fourth-order valence-electron chi connectivity index (χ4n) is 3.35. The van der Waals surface area contributed by atoms with Crippen LogP contribution in [0, 0.1) is 5.92 Å². The maximum Gasteiger partial charge on any atom is 0.232 e. The van der Waals surface area contributed by atoms with Crippen LogP contribution in [0.1, 0.15) is 11.6 Å². The van der Waals surface area contributed by atoms with Crippen molar-refractivity contribution in [2.24, 2.45) is 5.92 Å². The van der Waals surface area contributed by atoms with Crippen LogP contribution in [0.5, 0.6) is 0 Å². The molecular formula is C19H20N2O3. The maximum atomic E-state index is 12.9. The molecule has 5 heteroatoms. The van der Waals surface area contributed by atoms with Gasteiger partial charge in [0.15, 0.2) is 0 Å². The SMILES string of the molecule is O=C([C@@H]1CON(c2ccccc2)[C@@H]1c1ccccc1)N1CCOC1. The van der Waals surface area contributed by atoms with E-state index in [2.05, 4.69) is 12.1 Å². The minimum atomic E-state index is -0.241. The van der Waals surface area contributed by atoms with E-state index in [0.29, 0.717) is 26.5 Å². The van der Waals surface area contributed by atoms with E-state index in [1.54, 1.807) is 4.90 Å².